The normalized spacial score (nSPS) is 21.2. The Morgan fingerprint density at radius 2 is 1.23 bits per heavy atom. The maximum absolute atomic E-state index is 10.9. The summed E-state index contributed by atoms with van der Waals surface area (Å²) in [5, 5.41) is 0. The molecule has 4 heteroatoms. The fourth-order valence-electron chi connectivity index (χ4n) is 1.17. The van der Waals surface area contributed by atoms with Crippen LogP contribution in [0.5, 0.6) is 0 Å². The topological polar surface area (TPSA) is 52.6 Å². The van der Waals surface area contributed by atoms with Gasteiger partial charge in [0.25, 0.3) is 0 Å². The Kier molecular flexibility index (Phi) is 4.29. The van der Waals surface area contributed by atoms with Gasteiger partial charge in [0.05, 0.1) is 0 Å². The van der Waals surface area contributed by atoms with Crippen LogP contribution >= 0.6 is 0 Å². The van der Waals surface area contributed by atoms with Gasteiger partial charge >= 0.3 is 11.9 Å². The molecule has 0 N–H and O–H groups in total. The Balaban J connectivity index is 2.30. The second-order valence-corrected chi connectivity index (χ2v) is 3.00. The number of carbonyl (C=O) groups excluding carboxylic acids is 2. The van der Waals surface area contributed by atoms with Crippen LogP contribution in [0.3, 0.4) is 0 Å². The van der Waals surface area contributed by atoms with Crippen molar-refractivity contribution in [2.24, 2.45) is 0 Å². The van der Waals surface area contributed by atoms with Gasteiger partial charge in [-0.05, 0) is 12.8 Å². The van der Waals surface area contributed by atoms with Crippen molar-refractivity contribution in [1.29, 1.82) is 0 Å². The zero-order valence-electron chi connectivity index (χ0n) is 7.58. The molecule has 0 amide bonds. The maximum atomic E-state index is 10.9. The Morgan fingerprint density at radius 3 is 1.69 bits per heavy atom. The molecule has 1 fully saturated rings. The van der Waals surface area contributed by atoms with Gasteiger partial charge in [-0.1, -0.05) is 6.42 Å². The van der Waals surface area contributed by atoms with Crippen LogP contribution in [0.15, 0.2) is 0 Å². The van der Waals surface area contributed by atoms with Crippen molar-refractivity contribution in [1.82, 2.24) is 0 Å². The van der Waals surface area contributed by atoms with E-state index in [1.165, 1.54) is 0 Å². The summed E-state index contributed by atoms with van der Waals surface area (Å²) in [4.78, 5) is 21.9. The lowest BCUT2D eigenvalue weighted by molar-refractivity contribution is -0.151. The molecule has 0 radical (unpaired) electrons. The summed E-state index contributed by atoms with van der Waals surface area (Å²) in [6, 6.07) is 0. The average molecular weight is 186 g/mol. The van der Waals surface area contributed by atoms with E-state index in [1.807, 2.05) is 0 Å². The minimum atomic E-state index is -0.196. The minimum absolute atomic E-state index is 0.185. The van der Waals surface area contributed by atoms with E-state index in [-0.39, 0.29) is 25.2 Å². The molecule has 0 aliphatic carbocycles. The summed E-state index contributed by atoms with van der Waals surface area (Å²) in [6.07, 6.45) is 3.38. The van der Waals surface area contributed by atoms with Crippen molar-refractivity contribution >= 4 is 11.9 Å². The fourth-order valence-corrected chi connectivity index (χ4v) is 1.17. The van der Waals surface area contributed by atoms with E-state index in [4.69, 9.17) is 9.47 Å². The molecular formula is C9H14O4. The minimum Gasteiger partial charge on any atom is -0.462 e. The molecule has 0 aromatic heterocycles. The van der Waals surface area contributed by atoms with E-state index >= 15 is 0 Å². The Labute approximate surface area is 77.2 Å². The van der Waals surface area contributed by atoms with Gasteiger partial charge in [-0.25, -0.2) is 0 Å². The molecule has 0 atom stereocenters. The second kappa shape index (κ2) is 5.56. The SMILES string of the molecule is O=C1CCCCCC(=O)OCCO1. The van der Waals surface area contributed by atoms with Crippen molar-refractivity contribution in [3.8, 4) is 0 Å². The van der Waals surface area contributed by atoms with Gasteiger partial charge in [0.1, 0.15) is 13.2 Å². The summed E-state index contributed by atoms with van der Waals surface area (Å²) in [6.45, 7) is 0.370. The monoisotopic (exact) mass is 186 g/mol. The summed E-state index contributed by atoms with van der Waals surface area (Å²) in [7, 11) is 0. The summed E-state index contributed by atoms with van der Waals surface area (Å²) < 4.78 is 9.61. The molecular weight excluding hydrogens is 172 g/mol. The quantitative estimate of drug-likeness (QED) is 0.530. The van der Waals surface area contributed by atoms with Gasteiger partial charge < -0.3 is 9.47 Å². The van der Waals surface area contributed by atoms with Gasteiger partial charge in [0.2, 0.25) is 0 Å². The van der Waals surface area contributed by atoms with Crippen LogP contribution in [-0.2, 0) is 19.1 Å². The molecule has 1 heterocycles. The van der Waals surface area contributed by atoms with Crippen LogP contribution in [0, 0.1) is 0 Å². The van der Waals surface area contributed by atoms with Crippen molar-refractivity contribution in [2.75, 3.05) is 13.2 Å². The van der Waals surface area contributed by atoms with Gasteiger partial charge in [-0.3, -0.25) is 9.59 Å². The van der Waals surface area contributed by atoms with Crippen LogP contribution in [0.4, 0.5) is 0 Å². The largest absolute Gasteiger partial charge is 0.462 e. The van der Waals surface area contributed by atoms with E-state index in [1.54, 1.807) is 0 Å². The van der Waals surface area contributed by atoms with E-state index in [9.17, 15) is 9.59 Å². The van der Waals surface area contributed by atoms with Crippen molar-refractivity contribution < 1.29 is 19.1 Å². The Morgan fingerprint density at radius 1 is 0.769 bits per heavy atom. The summed E-state index contributed by atoms with van der Waals surface area (Å²) in [5.41, 5.74) is 0. The molecule has 0 aromatic rings. The summed E-state index contributed by atoms with van der Waals surface area (Å²) >= 11 is 0. The van der Waals surface area contributed by atoms with E-state index in [0.717, 1.165) is 19.3 Å². The highest BCUT2D eigenvalue weighted by Gasteiger charge is 2.07. The van der Waals surface area contributed by atoms with Crippen molar-refractivity contribution in [2.45, 2.75) is 32.1 Å². The van der Waals surface area contributed by atoms with Crippen LogP contribution in [-0.4, -0.2) is 25.2 Å². The lowest BCUT2D eigenvalue weighted by Crippen LogP contribution is -2.12. The average Bonchev–Trinajstić information content (AvgIpc) is 2.14. The summed E-state index contributed by atoms with van der Waals surface area (Å²) in [5.74, 6) is -0.393. The molecule has 74 valence electrons. The zero-order chi connectivity index (χ0) is 9.52. The fraction of sp³-hybridized carbons (Fsp3) is 0.778. The highest BCUT2D eigenvalue weighted by molar-refractivity contribution is 5.70. The standard InChI is InChI=1S/C9H14O4/c10-8-4-2-1-3-5-9(11)13-7-6-12-8/h1-7H2. The third-order valence-corrected chi connectivity index (χ3v) is 1.87. The van der Waals surface area contributed by atoms with Crippen LogP contribution in [0.1, 0.15) is 32.1 Å². The van der Waals surface area contributed by atoms with Gasteiger partial charge in [0, 0.05) is 12.8 Å². The van der Waals surface area contributed by atoms with Crippen LogP contribution in [0.2, 0.25) is 0 Å². The molecule has 1 aliphatic heterocycles. The van der Waals surface area contributed by atoms with E-state index in [2.05, 4.69) is 0 Å². The predicted molar refractivity (Wildman–Crippen MR) is 45.0 cm³/mol. The second-order valence-electron chi connectivity index (χ2n) is 3.00. The molecule has 4 nitrogen and oxygen atoms in total. The molecule has 1 saturated heterocycles. The molecule has 0 saturated carbocycles. The molecule has 0 unspecified atom stereocenters. The number of ether oxygens (including phenoxy) is 2. The number of rotatable bonds is 0. The molecule has 1 aliphatic rings. The molecule has 0 aromatic carbocycles. The zero-order valence-corrected chi connectivity index (χ0v) is 7.58. The van der Waals surface area contributed by atoms with Crippen molar-refractivity contribution in [3.63, 3.8) is 0 Å². The Bertz CT molecular complexity index is 168. The van der Waals surface area contributed by atoms with Crippen molar-refractivity contribution in [3.05, 3.63) is 0 Å². The third-order valence-electron chi connectivity index (χ3n) is 1.87. The van der Waals surface area contributed by atoms with E-state index in [0.29, 0.717) is 12.8 Å². The highest BCUT2D eigenvalue weighted by atomic mass is 16.6. The number of carbonyl (C=O) groups is 2. The Hall–Kier alpha value is -1.06. The molecule has 13 heavy (non-hydrogen) atoms. The number of cyclic esters (lactones) is 2. The van der Waals surface area contributed by atoms with Gasteiger partial charge in [-0.15, -0.1) is 0 Å². The molecule has 0 bridgehead atoms. The maximum Gasteiger partial charge on any atom is 0.305 e. The lowest BCUT2D eigenvalue weighted by Gasteiger charge is -2.03. The predicted octanol–water partition coefficient (Wildman–Crippen LogP) is 1.04. The molecule has 0 spiro atoms. The molecule has 1 rings (SSSR count). The van der Waals surface area contributed by atoms with Gasteiger partial charge in [-0.2, -0.15) is 0 Å². The highest BCUT2D eigenvalue weighted by Crippen LogP contribution is 2.06. The first-order valence-electron chi connectivity index (χ1n) is 4.60. The van der Waals surface area contributed by atoms with E-state index < -0.39 is 0 Å². The van der Waals surface area contributed by atoms with Crippen LogP contribution < -0.4 is 0 Å². The number of esters is 2. The first kappa shape index (κ1) is 10.0. The third kappa shape index (κ3) is 4.50. The van der Waals surface area contributed by atoms with Gasteiger partial charge in [0.15, 0.2) is 0 Å². The number of hydrogen-bond donors (Lipinski definition) is 0. The first-order valence-corrected chi connectivity index (χ1v) is 4.60. The first-order chi connectivity index (χ1) is 6.29. The van der Waals surface area contributed by atoms with Crippen LogP contribution in [0.25, 0.3) is 0 Å². The number of hydrogen-bond acceptors (Lipinski definition) is 4. The smallest absolute Gasteiger partial charge is 0.305 e. The lowest BCUT2D eigenvalue weighted by atomic mass is 10.1.